The zero-order chi connectivity index (χ0) is 13.7. The molecule has 1 N–H and O–H groups in total. The van der Waals surface area contributed by atoms with Gasteiger partial charge in [0.15, 0.2) is 0 Å². The maximum absolute atomic E-state index is 10.7. The molecular formula is C11H16N2O5. The van der Waals surface area contributed by atoms with E-state index in [-0.39, 0.29) is 19.0 Å². The lowest BCUT2D eigenvalue weighted by Crippen LogP contribution is -2.32. The number of hydrogen-bond acceptors (Lipinski definition) is 5. The largest absolute Gasteiger partial charge is 0.480 e. The highest BCUT2D eigenvalue weighted by atomic mass is 16.6. The van der Waals surface area contributed by atoms with Crippen molar-refractivity contribution in [1.29, 1.82) is 0 Å². The first kappa shape index (κ1) is 14.2. The van der Waals surface area contributed by atoms with Gasteiger partial charge in [-0.15, -0.1) is 0 Å². The Bertz CT molecular complexity index is 427. The molecule has 1 aromatic heterocycles. The Morgan fingerprint density at radius 1 is 1.56 bits per heavy atom. The number of rotatable bonds is 7. The lowest BCUT2D eigenvalue weighted by molar-refractivity contribution is -0.402. The summed E-state index contributed by atoms with van der Waals surface area (Å²) >= 11 is 0. The molecule has 0 spiro atoms. The molecule has 1 aromatic rings. The van der Waals surface area contributed by atoms with E-state index in [1.165, 1.54) is 12.1 Å². The van der Waals surface area contributed by atoms with Crippen molar-refractivity contribution in [1.82, 2.24) is 4.90 Å². The monoisotopic (exact) mass is 256 g/mol. The van der Waals surface area contributed by atoms with Crippen LogP contribution in [0.5, 0.6) is 0 Å². The highest BCUT2D eigenvalue weighted by Crippen LogP contribution is 2.17. The fraction of sp³-hybridized carbons (Fsp3) is 0.545. The summed E-state index contributed by atoms with van der Waals surface area (Å²) in [7, 11) is 0. The van der Waals surface area contributed by atoms with E-state index in [0.29, 0.717) is 18.2 Å². The van der Waals surface area contributed by atoms with Gasteiger partial charge in [-0.1, -0.05) is 13.8 Å². The normalized spacial score (nSPS) is 11.1. The van der Waals surface area contributed by atoms with Crippen LogP contribution in [0.3, 0.4) is 0 Å². The lowest BCUT2D eigenvalue weighted by atomic mass is 10.2. The van der Waals surface area contributed by atoms with Crippen molar-refractivity contribution in [2.75, 3.05) is 13.1 Å². The fourth-order valence-electron chi connectivity index (χ4n) is 1.66. The Hall–Kier alpha value is -1.89. The summed E-state index contributed by atoms with van der Waals surface area (Å²) in [4.78, 5) is 22.2. The van der Waals surface area contributed by atoms with Crippen LogP contribution in [0.4, 0.5) is 5.88 Å². The highest BCUT2D eigenvalue weighted by Gasteiger charge is 2.17. The Balaban J connectivity index is 2.68. The van der Waals surface area contributed by atoms with E-state index >= 15 is 0 Å². The van der Waals surface area contributed by atoms with Crippen LogP contribution in [0.2, 0.25) is 0 Å². The standard InChI is InChI=1S/C11H16N2O5/c1-8(2)5-12(7-11(14)15)6-9-3-4-10(18-9)13(16)17/h3-4,8H,5-7H2,1-2H3,(H,14,15). The van der Waals surface area contributed by atoms with E-state index in [2.05, 4.69) is 0 Å². The molecule has 0 aliphatic rings. The van der Waals surface area contributed by atoms with Crippen molar-refractivity contribution in [3.8, 4) is 0 Å². The number of nitro groups is 1. The number of hydrogen-bond donors (Lipinski definition) is 1. The van der Waals surface area contributed by atoms with Crippen LogP contribution < -0.4 is 0 Å². The van der Waals surface area contributed by atoms with Crippen molar-refractivity contribution >= 4 is 11.9 Å². The summed E-state index contributed by atoms with van der Waals surface area (Å²) < 4.78 is 5.01. The molecule has 0 bridgehead atoms. The van der Waals surface area contributed by atoms with Gasteiger partial charge in [-0.3, -0.25) is 19.8 Å². The van der Waals surface area contributed by atoms with Gasteiger partial charge in [0.25, 0.3) is 0 Å². The number of nitrogens with zero attached hydrogens (tertiary/aromatic N) is 2. The maximum Gasteiger partial charge on any atom is 0.433 e. The molecule has 0 unspecified atom stereocenters. The van der Waals surface area contributed by atoms with E-state index in [1.807, 2.05) is 13.8 Å². The Morgan fingerprint density at radius 2 is 2.22 bits per heavy atom. The second-order valence-corrected chi connectivity index (χ2v) is 4.45. The quantitative estimate of drug-likeness (QED) is 0.589. The average Bonchev–Trinajstić information content (AvgIpc) is 2.63. The van der Waals surface area contributed by atoms with E-state index < -0.39 is 10.9 Å². The lowest BCUT2D eigenvalue weighted by Gasteiger charge is -2.20. The van der Waals surface area contributed by atoms with Gasteiger partial charge in [0.1, 0.15) is 10.7 Å². The van der Waals surface area contributed by atoms with Gasteiger partial charge in [-0.2, -0.15) is 0 Å². The third-order valence-corrected chi connectivity index (χ3v) is 2.19. The van der Waals surface area contributed by atoms with Crippen LogP contribution in [-0.4, -0.2) is 34.0 Å². The van der Waals surface area contributed by atoms with Crippen molar-refractivity contribution in [3.05, 3.63) is 28.0 Å². The van der Waals surface area contributed by atoms with Crippen LogP contribution >= 0.6 is 0 Å². The van der Waals surface area contributed by atoms with E-state index in [9.17, 15) is 14.9 Å². The Labute approximate surface area is 104 Å². The molecule has 0 saturated carbocycles. The molecular weight excluding hydrogens is 240 g/mol. The molecule has 0 aliphatic carbocycles. The first-order valence-corrected chi connectivity index (χ1v) is 5.55. The molecule has 1 heterocycles. The molecule has 18 heavy (non-hydrogen) atoms. The number of aliphatic carboxylic acids is 1. The molecule has 1 rings (SSSR count). The third kappa shape index (κ3) is 4.54. The molecule has 0 radical (unpaired) electrons. The molecule has 0 saturated heterocycles. The van der Waals surface area contributed by atoms with Gasteiger partial charge in [-0.05, 0) is 12.0 Å². The molecule has 0 amide bonds. The minimum absolute atomic E-state index is 0.118. The average molecular weight is 256 g/mol. The van der Waals surface area contributed by atoms with E-state index in [1.54, 1.807) is 4.90 Å². The third-order valence-electron chi connectivity index (χ3n) is 2.19. The van der Waals surface area contributed by atoms with Crippen LogP contribution in [0.15, 0.2) is 16.5 Å². The van der Waals surface area contributed by atoms with Crippen LogP contribution in [0.1, 0.15) is 19.6 Å². The van der Waals surface area contributed by atoms with Gasteiger partial charge in [0.2, 0.25) is 0 Å². The topological polar surface area (TPSA) is 96.8 Å². The van der Waals surface area contributed by atoms with Crippen molar-refractivity contribution in [2.24, 2.45) is 5.92 Å². The number of carboxylic acids is 1. The summed E-state index contributed by atoms with van der Waals surface area (Å²) in [5.41, 5.74) is 0. The minimum atomic E-state index is -0.934. The predicted molar refractivity (Wildman–Crippen MR) is 63.1 cm³/mol. The summed E-state index contributed by atoms with van der Waals surface area (Å²) in [5, 5.41) is 19.2. The summed E-state index contributed by atoms with van der Waals surface area (Å²) in [6.45, 7) is 4.66. The van der Waals surface area contributed by atoms with Crippen LogP contribution in [0.25, 0.3) is 0 Å². The number of furan rings is 1. The molecule has 100 valence electrons. The van der Waals surface area contributed by atoms with Crippen LogP contribution in [-0.2, 0) is 11.3 Å². The fourth-order valence-corrected chi connectivity index (χ4v) is 1.66. The Kier molecular flexibility index (Phi) is 4.85. The molecule has 0 aliphatic heterocycles. The second kappa shape index (κ2) is 6.15. The zero-order valence-electron chi connectivity index (χ0n) is 10.3. The highest BCUT2D eigenvalue weighted by molar-refractivity contribution is 5.69. The maximum atomic E-state index is 10.7. The van der Waals surface area contributed by atoms with Gasteiger partial charge in [0, 0.05) is 6.54 Å². The summed E-state index contributed by atoms with van der Waals surface area (Å²) in [6, 6.07) is 2.76. The number of carbonyl (C=O) groups is 1. The van der Waals surface area contributed by atoms with Crippen molar-refractivity contribution in [2.45, 2.75) is 20.4 Å². The van der Waals surface area contributed by atoms with Gasteiger partial charge in [-0.25, -0.2) is 0 Å². The molecule has 7 heteroatoms. The van der Waals surface area contributed by atoms with Gasteiger partial charge in [0.05, 0.1) is 19.2 Å². The van der Waals surface area contributed by atoms with Crippen LogP contribution in [0, 0.1) is 16.0 Å². The Morgan fingerprint density at radius 3 is 2.67 bits per heavy atom. The van der Waals surface area contributed by atoms with E-state index in [0.717, 1.165) is 0 Å². The molecule has 7 nitrogen and oxygen atoms in total. The smallest absolute Gasteiger partial charge is 0.433 e. The van der Waals surface area contributed by atoms with Crippen molar-refractivity contribution in [3.63, 3.8) is 0 Å². The second-order valence-electron chi connectivity index (χ2n) is 4.45. The molecule has 0 aromatic carbocycles. The SMILES string of the molecule is CC(C)CN(CC(=O)O)Cc1ccc([N+](=O)[O-])o1. The molecule has 0 atom stereocenters. The molecule has 0 fully saturated rings. The summed E-state index contributed by atoms with van der Waals surface area (Å²) in [6.07, 6.45) is 0. The van der Waals surface area contributed by atoms with Crippen molar-refractivity contribution < 1.29 is 19.2 Å². The first-order valence-electron chi connectivity index (χ1n) is 5.55. The zero-order valence-corrected chi connectivity index (χ0v) is 10.3. The van der Waals surface area contributed by atoms with E-state index in [4.69, 9.17) is 9.52 Å². The minimum Gasteiger partial charge on any atom is -0.480 e. The van der Waals surface area contributed by atoms with Gasteiger partial charge >= 0.3 is 11.9 Å². The first-order chi connectivity index (χ1) is 8.38. The summed E-state index contributed by atoms with van der Waals surface area (Å²) in [5.74, 6) is -0.570. The number of carboxylic acid groups (broad SMARTS) is 1. The van der Waals surface area contributed by atoms with Gasteiger partial charge < -0.3 is 9.52 Å². The predicted octanol–water partition coefficient (Wildman–Crippen LogP) is 1.73.